The van der Waals surface area contributed by atoms with Gasteiger partial charge in [-0.1, -0.05) is 32.5 Å². The zero-order valence-corrected chi connectivity index (χ0v) is 11.4. The van der Waals surface area contributed by atoms with E-state index < -0.39 is 10.8 Å². The van der Waals surface area contributed by atoms with Gasteiger partial charge in [0.05, 0.1) is 10.6 Å². The minimum atomic E-state index is -0.817. The SMILES string of the molecule is CS(=O)C1SC(C(C)(C)C)=NC1(C)C. The minimum absolute atomic E-state index is 0.0794. The molecule has 2 atom stereocenters. The smallest absolute Gasteiger partial charge is 0.110 e. The van der Waals surface area contributed by atoms with Crippen LogP contribution < -0.4 is 0 Å². The monoisotopic (exact) mass is 233 g/mol. The van der Waals surface area contributed by atoms with Crippen molar-refractivity contribution in [3.8, 4) is 0 Å². The van der Waals surface area contributed by atoms with E-state index in [9.17, 15) is 4.21 Å². The fraction of sp³-hybridized carbons (Fsp3) is 0.900. The molecule has 14 heavy (non-hydrogen) atoms. The molecule has 0 aromatic carbocycles. The zero-order chi connectivity index (χ0) is 11.1. The van der Waals surface area contributed by atoms with Gasteiger partial charge < -0.3 is 0 Å². The molecule has 1 aliphatic heterocycles. The van der Waals surface area contributed by atoms with E-state index in [0.29, 0.717) is 0 Å². The van der Waals surface area contributed by atoms with Crippen molar-refractivity contribution in [3.63, 3.8) is 0 Å². The first-order valence-corrected chi connectivity index (χ1v) is 7.24. The van der Waals surface area contributed by atoms with Crippen LogP contribution in [0.15, 0.2) is 4.99 Å². The lowest BCUT2D eigenvalue weighted by Crippen LogP contribution is -2.31. The van der Waals surface area contributed by atoms with E-state index in [1.54, 1.807) is 18.0 Å². The molecule has 4 heteroatoms. The number of aliphatic imine (C=N–C) groups is 1. The highest BCUT2D eigenvalue weighted by molar-refractivity contribution is 8.22. The Morgan fingerprint density at radius 1 is 1.43 bits per heavy atom. The molecule has 1 heterocycles. The highest BCUT2D eigenvalue weighted by Crippen LogP contribution is 2.42. The molecule has 0 aliphatic carbocycles. The van der Waals surface area contributed by atoms with Crippen LogP contribution in [0, 0.1) is 5.41 Å². The van der Waals surface area contributed by atoms with E-state index in [-0.39, 0.29) is 15.5 Å². The lowest BCUT2D eigenvalue weighted by Gasteiger charge is -2.20. The first-order valence-electron chi connectivity index (χ1n) is 4.74. The summed E-state index contributed by atoms with van der Waals surface area (Å²) in [5.74, 6) is 0. The number of hydrogen-bond acceptors (Lipinski definition) is 3. The number of hydrogen-bond donors (Lipinski definition) is 0. The van der Waals surface area contributed by atoms with Crippen LogP contribution in [0.3, 0.4) is 0 Å². The fourth-order valence-electron chi connectivity index (χ4n) is 1.40. The number of thioether (sulfide) groups is 1. The first kappa shape index (κ1) is 12.2. The van der Waals surface area contributed by atoms with Gasteiger partial charge in [0.1, 0.15) is 4.58 Å². The lowest BCUT2D eigenvalue weighted by molar-refractivity contribution is 0.549. The summed E-state index contributed by atoms with van der Waals surface area (Å²) in [6.07, 6.45) is 1.76. The van der Waals surface area contributed by atoms with Crippen LogP contribution in [-0.4, -0.2) is 25.6 Å². The normalized spacial score (nSPS) is 28.7. The van der Waals surface area contributed by atoms with Crippen LogP contribution in [0.2, 0.25) is 0 Å². The molecular weight excluding hydrogens is 214 g/mol. The Labute approximate surface area is 93.4 Å². The third-order valence-corrected chi connectivity index (χ3v) is 6.13. The third-order valence-electron chi connectivity index (χ3n) is 2.13. The molecule has 82 valence electrons. The van der Waals surface area contributed by atoms with Gasteiger partial charge in [0.2, 0.25) is 0 Å². The predicted molar refractivity (Wildman–Crippen MR) is 66.4 cm³/mol. The topological polar surface area (TPSA) is 29.4 Å². The van der Waals surface area contributed by atoms with Gasteiger partial charge in [-0.05, 0) is 13.8 Å². The molecule has 0 amide bonds. The Morgan fingerprint density at radius 2 is 1.93 bits per heavy atom. The Morgan fingerprint density at radius 3 is 2.14 bits per heavy atom. The number of rotatable bonds is 1. The van der Waals surface area contributed by atoms with Crippen LogP contribution in [-0.2, 0) is 10.8 Å². The van der Waals surface area contributed by atoms with E-state index in [4.69, 9.17) is 0 Å². The number of nitrogens with zero attached hydrogens (tertiary/aromatic N) is 1. The Bertz CT molecular complexity index is 289. The van der Waals surface area contributed by atoms with Crippen LogP contribution in [0.1, 0.15) is 34.6 Å². The molecule has 1 aliphatic rings. The summed E-state index contributed by atoms with van der Waals surface area (Å²) in [5.41, 5.74) is -0.108. The van der Waals surface area contributed by atoms with Crippen LogP contribution in [0.25, 0.3) is 0 Å². The highest BCUT2D eigenvalue weighted by atomic mass is 32.2. The van der Waals surface area contributed by atoms with Crippen molar-refractivity contribution in [1.29, 1.82) is 0 Å². The maximum absolute atomic E-state index is 11.6. The molecule has 2 unspecified atom stereocenters. The summed E-state index contributed by atoms with van der Waals surface area (Å²) >= 11 is 1.68. The van der Waals surface area contributed by atoms with Gasteiger partial charge in [0.25, 0.3) is 0 Å². The van der Waals surface area contributed by atoms with Crippen molar-refractivity contribution in [2.24, 2.45) is 10.4 Å². The molecule has 0 fully saturated rings. The summed E-state index contributed by atoms with van der Waals surface area (Å²) in [5, 5.41) is 1.13. The molecule has 0 N–H and O–H groups in total. The second-order valence-electron chi connectivity index (χ2n) is 5.27. The van der Waals surface area contributed by atoms with Gasteiger partial charge in [-0.3, -0.25) is 9.20 Å². The molecule has 2 nitrogen and oxygen atoms in total. The summed E-state index contributed by atoms with van der Waals surface area (Å²) in [7, 11) is -0.817. The van der Waals surface area contributed by atoms with Gasteiger partial charge in [-0.2, -0.15) is 0 Å². The average molecular weight is 233 g/mol. The molecule has 0 radical (unpaired) electrons. The van der Waals surface area contributed by atoms with Crippen molar-refractivity contribution in [2.45, 2.75) is 44.7 Å². The lowest BCUT2D eigenvalue weighted by atomic mass is 9.98. The van der Waals surface area contributed by atoms with Crippen molar-refractivity contribution in [3.05, 3.63) is 0 Å². The quantitative estimate of drug-likeness (QED) is 0.697. The highest BCUT2D eigenvalue weighted by Gasteiger charge is 2.42. The zero-order valence-electron chi connectivity index (χ0n) is 9.75. The van der Waals surface area contributed by atoms with Crippen molar-refractivity contribution < 1.29 is 4.21 Å². The largest absolute Gasteiger partial charge is 0.274 e. The second kappa shape index (κ2) is 3.63. The van der Waals surface area contributed by atoms with Gasteiger partial charge in [-0.15, -0.1) is 0 Å². The van der Waals surface area contributed by atoms with Crippen LogP contribution in [0.5, 0.6) is 0 Å². The van der Waals surface area contributed by atoms with E-state index in [1.165, 1.54) is 0 Å². The second-order valence-corrected chi connectivity index (χ2v) is 8.13. The molecule has 0 bridgehead atoms. The van der Waals surface area contributed by atoms with E-state index >= 15 is 0 Å². The molecule has 0 aromatic heterocycles. The molecule has 0 spiro atoms. The minimum Gasteiger partial charge on any atom is -0.274 e. The fourth-order valence-corrected chi connectivity index (χ4v) is 4.27. The summed E-state index contributed by atoms with van der Waals surface area (Å²) < 4.78 is 11.7. The van der Waals surface area contributed by atoms with Crippen LogP contribution in [0.4, 0.5) is 0 Å². The molecule has 1 rings (SSSR count). The Balaban J connectivity index is 2.95. The van der Waals surface area contributed by atoms with Gasteiger partial charge in [0, 0.05) is 22.5 Å². The van der Waals surface area contributed by atoms with Crippen molar-refractivity contribution in [2.75, 3.05) is 6.26 Å². The van der Waals surface area contributed by atoms with E-state index in [0.717, 1.165) is 5.04 Å². The van der Waals surface area contributed by atoms with Crippen molar-refractivity contribution in [1.82, 2.24) is 0 Å². The van der Waals surface area contributed by atoms with Gasteiger partial charge in [0.15, 0.2) is 0 Å². The predicted octanol–water partition coefficient (Wildman–Crippen LogP) is 2.66. The first-order chi connectivity index (χ1) is 6.14. The molecule has 0 saturated carbocycles. The summed E-state index contributed by atoms with van der Waals surface area (Å²) in [6.45, 7) is 10.6. The van der Waals surface area contributed by atoms with E-state index in [2.05, 4.69) is 39.6 Å². The van der Waals surface area contributed by atoms with Gasteiger partial charge >= 0.3 is 0 Å². The Kier molecular flexibility index (Phi) is 3.18. The average Bonchev–Trinajstić information content (AvgIpc) is 2.23. The maximum Gasteiger partial charge on any atom is 0.110 e. The van der Waals surface area contributed by atoms with Gasteiger partial charge in [-0.25, -0.2) is 0 Å². The summed E-state index contributed by atoms with van der Waals surface area (Å²) in [4.78, 5) is 4.68. The van der Waals surface area contributed by atoms with Crippen molar-refractivity contribution >= 4 is 27.6 Å². The standard InChI is InChI=1S/C10H19NOS2/c1-9(2,3)7-11-10(4,5)8(13-7)14(6)12/h8H,1-6H3. The van der Waals surface area contributed by atoms with E-state index in [1.807, 2.05) is 0 Å². The molecule has 0 saturated heterocycles. The maximum atomic E-state index is 11.6. The summed E-state index contributed by atoms with van der Waals surface area (Å²) in [6, 6.07) is 0. The third kappa shape index (κ3) is 2.40. The van der Waals surface area contributed by atoms with Crippen LogP contribution >= 0.6 is 11.8 Å². The molecule has 0 aromatic rings. The molecular formula is C10H19NOS2. The Hall–Kier alpha value is 0.170.